The van der Waals surface area contributed by atoms with Crippen LogP contribution in [0.15, 0.2) is 47.4 Å². The zero-order valence-electron chi connectivity index (χ0n) is 18.9. The Hall–Kier alpha value is -2.66. The number of aryl methyl sites for hydroxylation is 3. The van der Waals surface area contributed by atoms with Crippen molar-refractivity contribution in [3.63, 3.8) is 0 Å². The van der Waals surface area contributed by atoms with Gasteiger partial charge in [0, 0.05) is 31.7 Å². The molecular weight excluding hydrogens is 458 g/mol. The van der Waals surface area contributed by atoms with Gasteiger partial charge < -0.3 is 0 Å². The second kappa shape index (κ2) is 9.68. The molecule has 33 heavy (non-hydrogen) atoms. The average molecular weight is 486 g/mol. The number of piperazine rings is 1. The Morgan fingerprint density at radius 1 is 0.970 bits per heavy atom. The van der Waals surface area contributed by atoms with Gasteiger partial charge in [-0.25, -0.2) is 8.42 Å². The van der Waals surface area contributed by atoms with Crippen LogP contribution in [0.5, 0.6) is 0 Å². The minimum atomic E-state index is -3.54. The summed E-state index contributed by atoms with van der Waals surface area (Å²) in [5, 5.41) is 12.2. The Kier molecular flexibility index (Phi) is 6.89. The normalized spacial score (nSPS) is 15.5. The van der Waals surface area contributed by atoms with Crippen LogP contribution in [-0.2, 0) is 14.8 Å². The van der Waals surface area contributed by atoms with E-state index < -0.39 is 10.0 Å². The zero-order chi connectivity index (χ0) is 23.6. The topological polar surface area (TPSA) is 95.5 Å². The summed E-state index contributed by atoms with van der Waals surface area (Å²) in [6.07, 6.45) is 0. The van der Waals surface area contributed by atoms with E-state index in [1.807, 2.05) is 56.0 Å². The van der Waals surface area contributed by atoms with Crippen LogP contribution in [0.3, 0.4) is 0 Å². The molecule has 0 radical (unpaired) electrons. The van der Waals surface area contributed by atoms with E-state index in [1.54, 1.807) is 12.1 Å². The Labute approximate surface area is 198 Å². The molecule has 4 rings (SSSR count). The first-order chi connectivity index (χ1) is 15.7. The predicted molar refractivity (Wildman–Crippen MR) is 130 cm³/mol. The maximum Gasteiger partial charge on any atom is 0.243 e. The van der Waals surface area contributed by atoms with Gasteiger partial charge in [-0.1, -0.05) is 47.2 Å². The molecule has 1 saturated heterocycles. The van der Waals surface area contributed by atoms with Crippen LogP contribution in [0, 0.1) is 20.8 Å². The van der Waals surface area contributed by atoms with E-state index in [0.29, 0.717) is 36.2 Å². The number of hydrogen-bond donors (Lipinski definition) is 1. The van der Waals surface area contributed by atoms with Crippen molar-refractivity contribution in [1.82, 2.24) is 19.4 Å². The van der Waals surface area contributed by atoms with E-state index in [2.05, 4.69) is 15.5 Å². The van der Waals surface area contributed by atoms with Crippen LogP contribution >= 0.6 is 11.3 Å². The lowest BCUT2D eigenvalue weighted by Crippen LogP contribution is -2.50. The maximum absolute atomic E-state index is 13.0. The van der Waals surface area contributed by atoms with Gasteiger partial charge in [-0.2, -0.15) is 4.31 Å². The second-order valence-electron chi connectivity index (χ2n) is 8.25. The lowest BCUT2D eigenvalue weighted by molar-refractivity contribution is -0.117. The molecule has 174 valence electrons. The van der Waals surface area contributed by atoms with E-state index in [-0.39, 0.29) is 12.5 Å². The Bertz CT molecular complexity index is 1250. The molecule has 0 bridgehead atoms. The number of anilines is 1. The fourth-order valence-corrected chi connectivity index (χ4v) is 5.87. The summed E-state index contributed by atoms with van der Waals surface area (Å²) in [5.41, 5.74) is 4.14. The number of nitrogens with one attached hydrogen (secondary N) is 1. The first-order valence-electron chi connectivity index (χ1n) is 10.7. The van der Waals surface area contributed by atoms with E-state index in [4.69, 9.17) is 0 Å². The fourth-order valence-electron chi connectivity index (χ4n) is 3.60. The van der Waals surface area contributed by atoms with Gasteiger partial charge >= 0.3 is 0 Å². The highest BCUT2D eigenvalue weighted by Gasteiger charge is 2.29. The van der Waals surface area contributed by atoms with E-state index in [9.17, 15) is 13.2 Å². The molecule has 3 aromatic rings. The summed E-state index contributed by atoms with van der Waals surface area (Å²) >= 11 is 1.33. The van der Waals surface area contributed by atoms with Crippen molar-refractivity contribution in [1.29, 1.82) is 0 Å². The van der Waals surface area contributed by atoms with Gasteiger partial charge in [0.1, 0.15) is 5.01 Å². The van der Waals surface area contributed by atoms with Crippen LogP contribution in [0.2, 0.25) is 0 Å². The molecule has 2 heterocycles. The van der Waals surface area contributed by atoms with Gasteiger partial charge in [0.25, 0.3) is 0 Å². The monoisotopic (exact) mass is 485 g/mol. The van der Waals surface area contributed by atoms with Gasteiger partial charge in [0.05, 0.1) is 11.4 Å². The number of carbonyl (C=O) groups excluding carboxylic acids is 1. The number of amides is 1. The number of sulfonamides is 1. The summed E-state index contributed by atoms with van der Waals surface area (Å²) < 4.78 is 27.4. The van der Waals surface area contributed by atoms with Crippen molar-refractivity contribution in [2.24, 2.45) is 0 Å². The van der Waals surface area contributed by atoms with Crippen LogP contribution in [0.1, 0.15) is 16.7 Å². The van der Waals surface area contributed by atoms with Crippen LogP contribution in [-0.4, -0.2) is 66.5 Å². The molecule has 2 aromatic carbocycles. The van der Waals surface area contributed by atoms with Crippen molar-refractivity contribution in [3.8, 4) is 10.6 Å². The number of carbonyl (C=O) groups is 1. The molecule has 8 nitrogen and oxygen atoms in total. The molecule has 1 aliphatic rings. The molecule has 10 heteroatoms. The third kappa shape index (κ3) is 5.47. The standard InChI is InChI=1S/C23H27N5O3S2/c1-16-4-7-19(8-5-16)22-25-26-23(32-22)24-21(29)15-27-10-12-28(13-11-27)33(30,31)20-9-6-17(2)18(3)14-20/h4-9,14H,10-13,15H2,1-3H3,(H,24,26,29). The molecule has 0 saturated carbocycles. The number of nitrogens with zero attached hydrogens (tertiary/aromatic N) is 4. The lowest BCUT2D eigenvalue weighted by Gasteiger charge is -2.33. The highest BCUT2D eigenvalue weighted by atomic mass is 32.2. The minimum Gasteiger partial charge on any atom is -0.299 e. The van der Waals surface area contributed by atoms with E-state index >= 15 is 0 Å². The lowest BCUT2D eigenvalue weighted by atomic mass is 10.1. The Morgan fingerprint density at radius 2 is 1.67 bits per heavy atom. The van der Waals surface area contributed by atoms with Crippen molar-refractivity contribution in [2.75, 3.05) is 38.0 Å². The Balaban J connectivity index is 1.30. The first-order valence-corrected chi connectivity index (χ1v) is 13.0. The van der Waals surface area contributed by atoms with Crippen molar-refractivity contribution in [2.45, 2.75) is 25.7 Å². The molecule has 0 atom stereocenters. The average Bonchev–Trinajstić information content (AvgIpc) is 3.24. The van der Waals surface area contributed by atoms with Crippen LogP contribution in [0.4, 0.5) is 5.13 Å². The number of benzene rings is 2. The molecular formula is C23H27N5O3S2. The number of aromatic nitrogens is 2. The molecule has 1 N–H and O–H groups in total. The molecule has 0 spiro atoms. The quantitative estimate of drug-likeness (QED) is 0.577. The molecule has 1 aromatic heterocycles. The maximum atomic E-state index is 13.0. The number of hydrogen-bond acceptors (Lipinski definition) is 7. The summed E-state index contributed by atoms with van der Waals surface area (Å²) in [6, 6.07) is 13.2. The van der Waals surface area contributed by atoms with Crippen LogP contribution < -0.4 is 5.32 Å². The molecule has 0 aliphatic carbocycles. The summed E-state index contributed by atoms with van der Waals surface area (Å²) in [7, 11) is -3.54. The van der Waals surface area contributed by atoms with Gasteiger partial charge in [-0.3, -0.25) is 15.0 Å². The van der Waals surface area contributed by atoms with E-state index in [1.165, 1.54) is 21.2 Å². The van der Waals surface area contributed by atoms with Gasteiger partial charge in [-0.05, 0) is 44.0 Å². The van der Waals surface area contributed by atoms with Crippen LogP contribution in [0.25, 0.3) is 10.6 Å². The predicted octanol–water partition coefficient (Wildman–Crippen LogP) is 3.08. The highest BCUT2D eigenvalue weighted by molar-refractivity contribution is 7.89. The third-order valence-electron chi connectivity index (χ3n) is 5.78. The first kappa shape index (κ1) is 23.5. The van der Waals surface area contributed by atoms with E-state index in [0.717, 1.165) is 21.7 Å². The fraction of sp³-hybridized carbons (Fsp3) is 0.348. The summed E-state index contributed by atoms with van der Waals surface area (Å²) in [5.74, 6) is -0.188. The SMILES string of the molecule is Cc1ccc(-c2nnc(NC(=O)CN3CCN(S(=O)(=O)c4ccc(C)c(C)c4)CC3)s2)cc1. The van der Waals surface area contributed by atoms with Crippen molar-refractivity contribution in [3.05, 3.63) is 59.2 Å². The number of rotatable bonds is 6. The van der Waals surface area contributed by atoms with Gasteiger partial charge in [-0.15, -0.1) is 10.2 Å². The molecule has 1 amide bonds. The molecule has 1 aliphatic heterocycles. The summed E-state index contributed by atoms with van der Waals surface area (Å²) in [4.78, 5) is 14.8. The Morgan fingerprint density at radius 3 is 2.33 bits per heavy atom. The van der Waals surface area contributed by atoms with Gasteiger partial charge in [0.15, 0.2) is 0 Å². The second-order valence-corrected chi connectivity index (χ2v) is 11.2. The molecule has 0 unspecified atom stereocenters. The zero-order valence-corrected chi connectivity index (χ0v) is 20.5. The molecule has 1 fully saturated rings. The van der Waals surface area contributed by atoms with Crippen molar-refractivity contribution >= 4 is 32.4 Å². The smallest absolute Gasteiger partial charge is 0.243 e. The minimum absolute atomic E-state index is 0.178. The third-order valence-corrected chi connectivity index (χ3v) is 8.57. The van der Waals surface area contributed by atoms with Crippen molar-refractivity contribution < 1.29 is 13.2 Å². The van der Waals surface area contributed by atoms with Gasteiger partial charge in [0.2, 0.25) is 21.1 Å². The largest absolute Gasteiger partial charge is 0.299 e. The highest BCUT2D eigenvalue weighted by Crippen LogP contribution is 2.26. The summed E-state index contributed by atoms with van der Waals surface area (Å²) in [6.45, 7) is 7.74.